The van der Waals surface area contributed by atoms with Crippen molar-refractivity contribution >= 4 is 11.9 Å². The van der Waals surface area contributed by atoms with Gasteiger partial charge in [0.05, 0.1) is 6.07 Å². The third-order valence-corrected chi connectivity index (χ3v) is 2.26. The van der Waals surface area contributed by atoms with E-state index in [-0.39, 0.29) is 0 Å². The number of hydrogen-bond donors (Lipinski definition) is 0. The molecule has 0 aromatic heterocycles. The summed E-state index contributed by atoms with van der Waals surface area (Å²) in [6, 6.07) is 9.32. The fourth-order valence-corrected chi connectivity index (χ4v) is 1.41. The van der Waals surface area contributed by atoms with Crippen LogP contribution in [-0.4, -0.2) is 6.29 Å². The van der Waals surface area contributed by atoms with Crippen molar-refractivity contribution in [2.75, 3.05) is 0 Å². The van der Waals surface area contributed by atoms with Crippen LogP contribution in [0.3, 0.4) is 0 Å². The van der Waals surface area contributed by atoms with E-state index in [2.05, 4.69) is 6.07 Å². The van der Waals surface area contributed by atoms with Crippen molar-refractivity contribution in [3.63, 3.8) is 0 Å². The van der Waals surface area contributed by atoms with E-state index in [0.717, 1.165) is 17.4 Å². The quantitative estimate of drug-likeness (QED) is 0.437. The number of hydrogen-bond acceptors (Lipinski definition) is 2. The second-order valence-corrected chi connectivity index (χ2v) is 3.39. The largest absolute Gasteiger partial charge is 0.298 e. The number of benzene rings is 1. The number of carbonyl (C=O) groups is 1. The van der Waals surface area contributed by atoms with Crippen LogP contribution in [0.4, 0.5) is 0 Å². The monoisotopic (exact) mass is 211 g/mol. The number of aldehydes is 1. The molecule has 0 bridgehead atoms. The summed E-state index contributed by atoms with van der Waals surface area (Å²) >= 11 is 0. The molecule has 0 amide bonds. The minimum Gasteiger partial charge on any atom is -0.298 e. The molecule has 2 heteroatoms. The van der Waals surface area contributed by atoms with E-state index in [1.54, 1.807) is 19.1 Å². The maximum atomic E-state index is 10.5. The standard InChI is InChI=1S/C14H13NO/c1-3-4-14(11(2)9-15)13-7-5-12(10-16)6-8-13/h3-8,10H,1-2H3/b4-3-,14-11-. The lowest BCUT2D eigenvalue weighted by Crippen LogP contribution is -1.86. The first-order valence-corrected chi connectivity index (χ1v) is 5.02. The first-order chi connectivity index (χ1) is 7.72. The van der Waals surface area contributed by atoms with Gasteiger partial charge in [-0.3, -0.25) is 4.79 Å². The summed E-state index contributed by atoms with van der Waals surface area (Å²) in [5.74, 6) is 0. The topological polar surface area (TPSA) is 40.9 Å². The van der Waals surface area contributed by atoms with Crippen molar-refractivity contribution < 1.29 is 4.79 Å². The summed E-state index contributed by atoms with van der Waals surface area (Å²) in [6.07, 6.45) is 4.60. The van der Waals surface area contributed by atoms with Crippen molar-refractivity contribution in [2.24, 2.45) is 0 Å². The third kappa shape index (κ3) is 2.68. The molecule has 0 unspecified atom stereocenters. The average Bonchev–Trinajstić information content (AvgIpc) is 2.35. The Morgan fingerprint density at radius 1 is 1.31 bits per heavy atom. The number of carbonyl (C=O) groups excluding carboxylic acids is 1. The molecule has 0 heterocycles. The van der Waals surface area contributed by atoms with Crippen molar-refractivity contribution in [3.05, 3.63) is 53.1 Å². The molecule has 0 spiro atoms. The maximum Gasteiger partial charge on any atom is 0.150 e. The van der Waals surface area contributed by atoms with Gasteiger partial charge in [-0.05, 0) is 25.0 Å². The molecule has 0 radical (unpaired) electrons. The molecular weight excluding hydrogens is 198 g/mol. The number of nitrogens with zero attached hydrogens (tertiary/aromatic N) is 1. The Morgan fingerprint density at radius 2 is 1.94 bits per heavy atom. The second-order valence-electron chi connectivity index (χ2n) is 3.39. The van der Waals surface area contributed by atoms with Gasteiger partial charge in [0.25, 0.3) is 0 Å². The molecule has 0 saturated carbocycles. The van der Waals surface area contributed by atoms with Gasteiger partial charge in [0.15, 0.2) is 0 Å². The normalized spacial score (nSPS) is 12.1. The average molecular weight is 211 g/mol. The SMILES string of the molecule is C/C=C\C(=C(/C)C#N)c1ccc(C=O)cc1. The van der Waals surface area contributed by atoms with E-state index in [1.807, 2.05) is 31.2 Å². The zero-order valence-electron chi connectivity index (χ0n) is 9.40. The number of nitriles is 1. The Labute approximate surface area is 95.5 Å². The molecular formula is C14H13NO. The van der Waals surface area contributed by atoms with Gasteiger partial charge in [-0.1, -0.05) is 36.4 Å². The van der Waals surface area contributed by atoms with E-state index in [1.165, 1.54) is 0 Å². The zero-order valence-corrected chi connectivity index (χ0v) is 9.40. The number of rotatable bonds is 3. The predicted octanol–water partition coefficient (Wildman–Crippen LogP) is 3.37. The lowest BCUT2D eigenvalue weighted by Gasteiger charge is -2.04. The molecule has 1 aromatic rings. The molecule has 1 rings (SSSR count). The molecule has 1 aromatic carbocycles. The van der Waals surface area contributed by atoms with Crippen LogP contribution in [0.1, 0.15) is 29.8 Å². The third-order valence-electron chi connectivity index (χ3n) is 2.26. The molecule has 2 nitrogen and oxygen atoms in total. The number of allylic oxidation sites excluding steroid dienone is 4. The summed E-state index contributed by atoms with van der Waals surface area (Å²) in [6.45, 7) is 3.69. The minimum absolute atomic E-state index is 0.637. The van der Waals surface area contributed by atoms with Crippen LogP contribution in [0.5, 0.6) is 0 Å². The van der Waals surface area contributed by atoms with E-state index >= 15 is 0 Å². The maximum absolute atomic E-state index is 10.5. The van der Waals surface area contributed by atoms with Crippen LogP contribution in [0.2, 0.25) is 0 Å². The fourth-order valence-electron chi connectivity index (χ4n) is 1.41. The highest BCUT2D eigenvalue weighted by Gasteiger charge is 2.02. The fraction of sp³-hybridized carbons (Fsp3) is 0.143. The van der Waals surface area contributed by atoms with Crippen LogP contribution in [0.25, 0.3) is 5.57 Å². The van der Waals surface area contributed by atoms with E-state index in [9.17, 15) is 4.79 Å². The van der Waals surface area contributed by atoms with Crippen molar-refractivity contribution in [1.82, 2.24) is 0 Å². The Morgan fingerprint density at radius 3 is 2.38 bits per heavy atom. The van der Waals surface area contributed by atoms with Gasteiger partial charge in [-0.25, -0.2) is 0 Å². The highest BCUT2D eigenvalue weighted by Crippen LogP contribution is 2.20. The van der Waals surface area contributed by atoms with Crippen LogP contribution in [-0.2, 0) is 0 Å². The molecule has 0 aliphatic rings. The Balaban J connectivity index is 3.23. The zero-order chi connectivity index (χ0) is 12.0. The van der Waals surface area contributed by atoms with Gasteiger partial charge in [-0.2, -0.15) is 5.26 Å². The highest BCUT2D eigenvalue weighted by molar-refractivity contribution is 5.81. The summed E-state index contributed by atoms with van der Waals surface area (Å²) in [5, 5.41) is 8.90. The van der Waals surface area contributed by atoms with Crippen LogP contribution < -0.4 is 0 Å². The van der Waals surface area contributed by atoms with E-state index in [0.29, 0.717) is 11.1 Å². The molecule has 0 N–H and O–H groups in total. The smallest absolute Gasteiger partial charge is 0.150 e. The van der Waals surface area contributed by atoms with Crippen molar-refractivity contribution in [1.29, 1.82) is 5.26 Å². The molecule has 0 fully saturated rings. The van der Waals surface area contributed by atoms with Crippen LogP contribution in [0.15, 0.2) is 42.0 Å². The van der Waals surface area contributed by atoms with E-state index in [4.69, 9.17) is 5.26 Å². The Bertz CT molecular complexity index is 472. The second kappa shape index (κ2) is 5.67. The van der Waals surface area contributed by atoms with Gasteiger partial charge in [0.2, 0.25) is 0 Å². The highest BCUT2D eigenvalue weighted by atomic mass is 16.1. The van der Waals surface area contributed by atoms with Crippen LogP contribution >= 0.6 is 0 Å². The Kier molecular flexibility index (Phi) is 4.23. The van der Waals surface area contributed by atoms with Crippen molar-refractivity contribution in [2.45, 2.75) is 13.8 Å². The molecule has 0 saturated heterocycles. The Hall–Kier alpha value is -2.14. The summed E-state index contributed by atoms with van der Waals surface area (Å²) in [5.41, 5.74) is 3.14. The van der Waals surface area contributed by atoms with Gasteiger partial charge in [0.1, 0.15) is 6.29 Å². The lowest BCUT2D eigenvalue weighted by atomic mass is 10.00. The van der Waals surface area contributed by atoms with Gasteiger partial charge in [0, 0.05) is 11.1 Å². The first-order valence-electron chi connectivity index (χ1n) is 5.02. The predicted molar refractivity (Wildman–Crippen MR) is 64.9 cm³/mol. The van der Waals surface area contributed by atoms with Crippen LogP contribution in [0, 0.1) is 11.3 Å². The van der Waals surface area contributed by atoms with Gasteiger partial charge in [-0.15, -0.1) is 0 Å². The molecule has 80 valence electrons. The molecule has 0 aliphatic heterocycles. The minimum atomic E-state index is 0.637. The summed E-state index contributed by atoms with van der Waals surface area (Å²) < 4.78 is 0. The molecule has 0 aliphatic carbocycles. The first kappa shape index (κ1) is 11.9. The summed E-state index contributed by atoms with van der Waals surface area (Å²) in [4.78, 5) is 10.5. The van der Waals surface area contributed by atoms with Gasteiger partial charge < -0.3 is 0 Å². The molecule has 16 heavy (non-hydrogen) atoms. The van der Waals surface area contributed by atoms with Gasteiger partial charge >= 0.3 is 0 Å². The lowest BCUT2D eigenvalue weighted by molar-refractivity contribution is 0.112. The molecule has 0 atom stereocenters. The van der Waals surface area contributed by atoms with E-state index < -0.39 is 0 Å². The van der Waals surface area contributed by atoms with Crippen molar-refractivity contribution in [3.8, 4) is 6.07 Å². The summed E-state index contributed by atoms with van der Waals surface area (Å²) in [7, 11) is 0.